The number of ether oxygens (including phenoxy) is 3. The number of esters is 1. The fourth-order valence-electron chi connectivity index (χ4n) is 2.78. The maximum absolute atomic E-state index is 11.9. The van der Waals surface area contributed by atoms with Crippen LogP contribution in [-0.4, -0.2) is 39.6 Å². The van der Waals surface area contributed by atoms with Crippen LogP contribution in [0.5, 0.6) is 11.6 Å². The maximum Gasteiger partial charge on any atom is 0.337 e. The van der Waals surface area contributed by atoms with Gasteiger partial charge in [-0.2, -0.15) is 0 Å². The summed E-state index contributed by atoms with van der Waals surface area (Å²) in [6, 6.07) is 7.45. The second-order valence-corrected chi connectivity index (χ2v) is 6.76. The van der Waals surface area contributed by atoms with Crippen molar-refractivity contribution in [2.45, 2.75) is 38.1 Å². The Kier molecular flexibility index (Phi) is 4.23. The Balaban J connectivity index is 2.11. The molecule has 1 aromatic carbocycles. The first-order valence-electron chi connectivity index (χ1n) is 8.02. The molecule has 26 heavy (non-hydrogen) atoms. The van der Waals surface area contributed by atoms with Gasteiger partial charge in [0.25, 0.3) is 5.56 Å². The van der Waals surface area contributed by atoms with Crippen molar-refractivity contribution in [2.24, 2.45) is 0 Å². The molecule has 8 heteroatoms. The number of nitrogens with zero attached hydrogens (tertiary/aromatic N) is 1. The van der Waals surface area contributed by atoms with Crippen LogP contribution in [0.15, 0.2) is 35.1 Å². The smallest absolute Gasteiger partial charge is 0.337 e. The molecule has 0 saturated heterocycles. The van der Waals surface area contributed by atoms with E-state index in [1.165, 1.54) is 19.2 Å². The first-order valence-corrected chi connectivity index (χ1v) is 8.02. The van der Waals surface area contributed by atoms with Gasteiger partial charge >= 0.3 is 5.97 Å². The molecule has 2 unspecified atom stereocenters. The highest BCUT2D eigenvalue weighted by atomic mass is 16.6. The summed E-state index contributed by atoms with van der Waals surface area (Å²) in [5, 5.41) is 17.3. The molecule has 0 amide bonds. The third-order valence-corrected chi connectivity index (χ3v) is 4.70. The fourth-order valence-corrected chi connectivity index (χ4v) is 2.78. The zero-order valence-electron chi connectivity index (χ0n) is 14.9. The lowest BCUT2D eigenvalue weighted by Crippen LogP contribution is -2.59. The molecule has 2 aromatic rings. The Morgan fingerprint density at radius 3 is 2.62 bits per heavy atom. The number of carbonyl (C=O) groups is 1. The average molecular weight is 360 g/mol. The lowest BCUT2D eigenvalue weighted by atomic mass is 9.77. The monoisotopic (exact) mass is 360 g/mol. The highest BCUT2D eigenvalue weighted by Gasteiger charge is 2.54. The number of H-pyrrole nitrogens is 1. The van der Waals surface area contributed by atoms with Crippen LogP contribution in [0.4, 0.5) is 0 Å². The van der Waals surface area contributed by atoms with Crippen molar-refractivity contribution < 1.29 is 24.1 Å². The lowest BCUT2D eigenvalue weighted by molar-refractivity contribution is -0.175. The van der Waals surface area contributed by atoms with Gasteiger partial charge in [0, 0.05) is 17.7 Å². The van der Waals surface area contributed by atoms with E-state index in [2.05, 4.69) is 10.2 Å². The largest absolute Gasteiger partial charge is 0.484 e. The predicted octanol–water partition coefficient (Wildman–Crippen LogP) is 1.60. The zero-order valence-corrected chi connectivity index (χ0v) is 14.9. The number of hydrogen-bond donors (Lipinski definition) is 2. The molecule has 138 valence electrons. The molecule has 1 aliphatic heterocycles. The minimum atomic E-state index is -1.47. The van der Waals surface area contributed by atoms with Gasteiger partial charge in [0.05, 0.1) is 12.7 Å². The lowest BCUT2D eigenvalue weighted by Gasteiger charge is -2.48. The molecule has 0 saturated carbocycles. The molecule has 0 fully saturated rings. The van der Waals surface area contributed by atoms with Crippen molar-refractivity contribution in [3.8, 4) is 11.6 Å². The summed E-state index contributed by atoms with van der Waals surface area (Å²) in [5.74, 6) is 0.0868. The Labute approximate surface area is 149 Å². The number of aromatic amines is 1. The number of benzene rings is 1. The van der Waals surface area contributed by atoms with E-state index in [0.717, 1.165) is 0 Å². The average Bonchev–Trinajstić information content (AvgIpc) is 2.59. The first kappa shape index (κ1) is 17.9. The van der Waals surface area contributed by atoms with Crippen LogP contribution in [-0.2, 0) is 4.74 Å². The number of methoxy groups -OCH3 is 1. The minimum Gasteiger partial charge on any atom is -0.484 e. The van der Waals surface area contributed by atoms with E-state index in [0.29, 0.717) is 16.9 Å². The summed E-state index contributed by atoms with van der Waals surface area (Å²) in [4.78, 5) is 23.1. The van der Waals surface area contributed by atoms with E-state index in [-0.39, 0.29) is 11.4 Å². The van der Waals surface area contributed by atoms with Crippen LogP contribution in [0.25, 0.3) is 0 Å². The summed E-state index contributed by atoms with van der Waals surface area (Å²) >= 11 is 0. The third kappa shape index (κ3) is 2.92. The molecule has 0 aliphatic carbocycles. The van der Waals surface area contributed by atoms with Crippen LogP contribution in [0.3, 0.4) is 0 Å². The molecule has 1 aromatic heterocycles. The van der Waals surface area contributed by atoms with Crippen LogP contribution in [0, 0.1) is 0 Å². The van der Waals surface area contributed by atoms with E-state index in [9.17, 15) is 14.7 Å². The van der Waals surface area contributed by atoms with Gasteiger partial charge in [-0.15, -0.1) is 5.10 Å². The highest BCUT2D eigenvalue weighted by Crippen LogP contribution is 2.48. The van der Waals surface area contributed by atoms with E-state index in [1.807, 2.05) is 0 Å². The molecule has 0 spiro atoms. The summed E-state index contributed by atoms with van der Waals surface area (Å²) in [7, 11) is 1.29. The van der Waals surface area contributed by atoms with Gasteiger partial charge in [-0.05, 0) is 39.0 Å². The summed E-state index contributed by atoms with van der Waals surface area (Å²) in [6.45, 7) is 5.05. The SMILES string of the molecule is COC(=O)c1ccc2c(c1)C(Oc1ccc(=O)[nH]n1)C(C)(O)C(C)(C)O2. The summed E-state index contributed by atoms with van der Waals surface area (Å²) < 4.78 is 16.6. The molecule has 2 atom stereocenters. The minimum absolute atomic E-state index is 0.127. The number of aromatic nitrogens is 2. The van der Waals surface area contributed by atoms with Crippen molar-refractivity contribution in [1.29, 1.82) is 0 Å². The van der Waals surface area contributed by atoms with Gasteiger partial charge in [0.15, 0.2) is 6.10 Å². The standard InChI is InChI=1S/C18H20N2O6/c1-17(2)18(3,23)15(25-14-8-7-13(21)19-20-14)11-9-10(16(22)24-4)5-6-12(11)26-17/h5-9,15,23H,1-4H3,(H,19,21). The molecular weight excluding hydrogens is 340 g/mol. The van der Waals surface area contributed by atoms with Gasteiger partial charge in [0.1, 0.15) is 17.0 Å². The second-order valence-electron chi connectivity index (χ2n) is 6.76. The van der Waals surface area contributed by atoms with Crippen LogP contribution in [0.2, 0.25) is 0 Å². The van der Waals surface area contributed by atoms with Gasteiger partial charge in [-0.1, -0.05) is 0 Å². The molecule has 8 nitrogen and oxygen atoms in total. The zero-order chi connectivity index (χ0) is 19.1. The predicted molar refractivity (Wildman–Crippen MR) is 91.3 cm³/mol. The molecular formula is C18H20N2O6. The normalized spacial score (nSPS) is 23.5. The van der Waals surface area contributed by atoms with Crippen LogP contribution < -0.4 is 15.0 Å². The van der Waals surface area contributed by atoms with Crippen molar-refractivity contribution in [3.63, 3.8) is 0 Å². The maximum atomic E-state index is 11.9. The Morgan fingerprint density at radius 1 is 1.27 bits per heavy atom. The van der Waals surface area contributed by atoms with Crippen molar-refractivity contribution in [3.05, 3.63) is 51.8 Å². The number of aliphatic hydroxyl groups is 1. The van der Waals surface area contributed by atoms with Gasteiger partial charge in [0.2, 0.25) is 5.88 Å². The van der Waals surface area contributed by atoms with Crippen molar-refractivity contribution in [2.75, 3.05) is 7.11 Å². The molecule has 0 bridgehead atoms. The number of rotatable bonds is 3. The van der Waals surface area contributed by atoms with E-state index in [1.54, 1.807) is 39.0 Å². The van der Waals surface area contributed by atoms with Crippen LogP contribution in [0.1, 0.15) is 42.8 Å². The van der Waals surface area contributed by atoms with Crippen molar-refractivity contribution >= 4 is 5.97 Å². The summed E-state index contributed by atoms with van der Waals surface area (Å²) in [5.41, 5.74) is -2.05. The molecule has 3 rings (SSSR count). The summed E-state index contributed by atoms with van der Waals surface area (Å²) in [6.07, 6.45) is -0.899. The number of nitrogens with one attached hydrogen (secondary N) is 1. The third-order valence-electron chi connectivity index (χ3n) is 4.70. The first-order chi connectivity index (χ1) is 12.2. The number of fused-ring (bicyclic) bond motifs is 1. The van der Waals surface area contributed by atoms with Gasteiger partial charge in [-0.25, -0.2) is 9.89 Å². The molecule has 1 aliphatic rings. The Morgan fingerprint density at radius 2 is 2.00 bits per heavy atom. The molecule has 2 N–H and O–H groups in total. The fraction of sp³-hybridized carbons (Fsp3) is 0.389. The molecule has 2 heterocycles. The highest BCUT2D eigenvalue weighted by molar-refractivity contribution is 5.89. The second kappa shape index (κ2) is 6.14. The number of hydrogen-bond acceptors (Lipinski definition) is 7. The quantitative estimate of drug-likeness (QED) is 0.800. The van der Waals surface area contributed by atoms with E-state index < -0.39 is 23.3 Å². The van der Waals surface area contributed by atoms with E-state index >= 15 is 0 Å². The van der Waals surface area contributed by atoms with E-state index in [4.69, 9.17) is 14.2 Å². The topological polar surface area (TPSA) is 111 Å². The number of carbonyl (C=O) groups excluding carboxylic acids is 1. The Bertz CT molecular complexity index is 882. The van der Waals surface area contributed by atoms with Crippen molar-refractivity contribution in [1.82, 2.24) is 10.2 Å². The Hall–Kier alpha value is -2.87. The van der Waals surface area contributed by atoms with Crippen LogP contribution >= 0.6 is 0 Å². The van der Waals surface area contributed by atoms with Gasteiger partial charge < -0.3 is 19.3 Å². The molecule has 0 radical (unpaired) electrons. The van der Waals surface area contributed by atoms with Gasteiger partial charge in [-0.3, -0.25) is 4.79 Å².